The van der Waals surface area contributed by atoms with Crippen molar-refractivity contribution >= 4 is 17.0 Å². The van der Waals surface area contributed by atoms with Crippen LogP contribution in [-0.2, 0) is 13.0 Å². The molecule has 0 amide bonds. The van der Waals surface area contributed by atoms with Gasteiger partial charge in [-0.1, -0.05) is 25.1 Å². The quantitative estimate of drug-likeness (QED) is 0.877. The lowest BCUT2D eigenvalue weighted by molar-refractivity contribution is 0.609. The van der Waals surface area contributed by atoms with E-state index in [4.69, 9.17) is 5.73 Å². The Morgan fingerprint density at radius 3 is 2.75 bits per heavy atom. The molecule has 0 radical (unpaired) electrons. The van der Waals surface area contributed by atoms with E-state index in [2.05, 4.69) is 13.0 Å². The van der Waals surface area contributed by atoms with Crippen LogP contribution in [0.1, 0.15) is 23.8 Å². The monoisotopic (exact) mass is 292 g/mol. The predicted molar refractivity (Wildman–Crippen MR) is 84.8 cm³/mol. The van der Waals surface area contributed by atoms with Crippen LogP contribution in [-0.4, -0.2) is 13.1 Å². The van der Waals surface area contributed by atoms with Crippen LogP contribution >= 0.6 is 11.3 Å². The molecule has 2 aromatic rings. The molecule has 0 saturated heterocycles. The molecule has 4 heteroatoms. The second-order valence-electron chi connectivity index (χ2n) is 5.06. The van der Waals surface area contributed by atoms with Gasteiger partial charge in [-0.15, -0.1) is 11.3 Å². The number of hydrogen-bond donors (Lipinski definition) is 1. The van der Waals surface area contributed by atoms with Crippen molar-refractivity contribution in [1.82, 2.24) is 0 Å². The second kappa shape index (κ2) is 6.86. The maximum Gasteiger partial charge on any atom is 0.146 e. The molecule has 2 N–H and O–H groups in total. The number of anilines is 1. The van der Waals surface area contributed by atoms with Crippen molar-refractivity contribution in [3.8, 4) is 0 Å². The largest absolute Gasteiger partial charge is 0.367 e. The summed E-state index contributed by atoms with van der Waals surface area (Å²) in [6.45, 7) is 2.77. The number of thiophene rings is 1. The molecule has 2 nitrogen and oxygen atoms in total. The van der Waals surface area contributed by atoms with E-state index in [-0.39, 0.29) is 11.9 Å². The lowest BCUT2D eigenvalue weighted by Gasteiger charge is -2.23. The fourth-order valence-electron chi connectivity index (χ4n) is 2.29. The standard InChI is InChI=1S/C16H21FN2S/c1-3-13(18)10-12-6-4-8-15(17)16(12)19(2)11-14-7-5-9-20-14/h4-9,13H,3,10-11,18H2,1-2H3. The smallest absolute Gasteiger partial charge is 0.146 e. The van der Waals surface area contributed by atoms with Crippen LogP contribution in [0, 0.1) is 5.82 Å². The minimum atomic E-state index is -0.176. The van der Waals surface area contributed by atoms with Crippen LogP contribution in [0.25, 0.3) is 0 Å². The van der Waals surface area contributed by atoms with Crippen LogP contribution in [0.4, 0.5) is 10.1 Å². The van der Waals surface area contributed by atoms with E-state index in [9.17, 15) is 4.39 Å². The lowest BCUT2D eigenvalue weighted by atomic mass is 10.0. The number of halogens is 1. The fourth-order valence-corrected chi connectivity index (χ4v) is 3.05. The van der Waals surface area contributed by atoms with E-state index in [0.29, 0.717) is 18.7 Å². The molecule has 108 valence electrons. The zero-order valence-corrected chi connectivity index (χ0v) is 12.8. The van der Waals surface area contributed by atoms with Crippen LogP contribution in [0.2, 0.25) is 0 Å². The number of hydrogen-bond acceptors (Lipinski definition) is 3. The van der Waals surface area contributed by atoms with Gasteiger partial charge in [0.05, 0.1) is 12.2 Å². The topological polar surface area (TPSA) is 29.3 Å². The predicted octanol–water partition coefficient (Wildman–Crippen LogP) is 3.80. The number of nitrogens with two attached hydrogens (primary N) is 1. The van der Waals surface area contributed by atoms with Crippen molar-refractivity contribution in [2.45, 2.75) is 32.4 Å². The van der Waals surface area contributed by atoms with E-state index in [1.807, 2.05) is 29.5 Å². The van der Waals surface area contributed by atoms with Crippen LogP contribution in [0.15, 0.2) is 35.7 Å². The highest BCUT2D eigenvalue weighted by atomic mass is 32.1. The van der Waals surface area contributed by atoms with Crippen LogP contribution < -0.4 is 10.6 Å². The van der Waals surface area contributed by atoms with Crippen molar-refractivity contribution in [3.05, 3.63) is 52.0 Å². The maximum atomic E-state index is 14.2. The molecule has 0 aliphatic rings. The normalized spacial score (nSPS) is 12.4. The highest BCUT2D eigenvalue weighted by molar-refractivity contribution is 7.09. The summed E-state index contributed by atoms with van der Waals surface area (Å²) in [5.41, 5.74) is 7.68. The Bertz CT molecular complexity index is 539. The first kappa shape index (κ1) is 15.0. The van der Waals surface area contributed by atoms with Gasteiger partial charge in [0.15, 0.2) is 0 Å². The average molecular weight is 292 g/mol. The Kier molecular flexibility index (Phi) is 5.15. The van der Waals surface area contributed by atoms with Gasteiger partial charge in [-0.25, -0.2) is 4.39 Å². The molecule has 1 unspecified atom stereocenters. The summed E-state index contributed by atoms with van der Waals surface area (Å²) in [4.78, 5) is 3.19. The Morgan fingerprint density at radius 1 is 1.30 bits per heavy atom. The Labute approximate surface area is 124 Å². The summed E-state index contributed by atoms with van der Waals surface area (Å²) >= 11 is 1.69. The number of para-hydroxylation sites is 1. The molecule has 1 aromatic carbocycles. The van der Waals surface area contributed by atoms with E-state index in [1.54, 1.807) is 17.4 Å². The first-order valence-electron chi connectivity index (χ1n) is 6.88. The minimum absolute atomic E-state index is 0.0747. The van der Waals surface area contributed by atoms with Gasteiger partial charge in [0.2, 0.25) is 0 Å². The molecule has 0 saturated carbocycles. The number of rotatable bonds is 6. The lowest BCUT2D eigenvalue weighted by Crippen LogP contribution is -2.25. The molecule has 1 heterocycles. The van der Waals surface area contributed by atoms with Gasteiger partial charge in [-0.3, -0.25) is 0 Å². The van der Waals surface area contributed by atoms with E-state index >= 15 is 0 Å². The van der Waals surface area contributed by atoms with Crippen LogP contribution in [0.5, 0.6) is 0 Å². The average Bonchev–Trinajstić information content (AvgIpc) is 2.91. The summed E-state index contributed by atoms with van der Waals surface area (Å²) in [6, 6.07) is 9.41. The van der Waals surface area contributed by atoms with Crippen molar-refractivity contribution in [1.29, 1.82) is 0 Å². The van der Waals surface area contributed by atoms with Crippen molar-refractivity contribution in [3.63, 3.8) is 0 Å². The summed E-state index contributed by atoms with van der Waals surface area (Å²) in [5.74, 6) is -0.176. The van der Waals surface area contributed by atoms with Crippen LogP contribution in [0.3, 0.4) is 0 Å². The summed E-state index contributed by atoms with van der Waals surface area (Å²) in [7, 11) is 1.93. The van der Waals surface area contributed by atoms with E-state index < -0.39 is 0 Å². The van der Waals surface area contributed by atoms with Crippen molar-refractivity contribution in [2.75, 3.05) is 11.9 Å². The van der Waals surface area contributed by atoms with Gasteiger partial charge in [-0.05, 0) is 35.9 Å². The van der Waals surface area contributed by atoms with Gasteiger partial charge in [0.25, 0.3) is 0 Å². The Morgan fingerprint density at radius 2 is 2.10 bits per heavy atom. The molecule has 0 bridgehead atoms. The SMILES string of the molecule is CCC(N)Cc1cccc(F)c1N(C)Cc1cccs1. The van der Waals surface area contributed by atoms with Crippen molar-refractivity contribution < 1.29 is 4.39 Å². The van der Waals surface area contributed by atoms with Gasteiger partial charge in [0, 0.05) is 18.0 Å². The summed E-state index contributed by atoms with van der Waals surface area (Å²) in [5, 5.41) is 2.04. The molecule has 0 fully saturated rings. The first-order chi connectivity index (χ1) is 9.61. The third-order valence-electron chi connectivity index (χ3n) is 3.43. The van der Waals surface area contributed by atoms with E-state index in [0.717, 1.165) is 12.0 Å². The Balaban J connectivity index is 2.24. The third-order valence-corrected chi connectivity index (χ3v) is 4.29. The number of nitrogens with zero attached hydrogens (tertiary/aromatic N) is 1. The molecular formula is C16H21FN2S. The molecule has 2 rings (SSSR count). The molecule has 20 heavy (non-hydrogen) atoms. The highest BCUT2D eigenvalue weighted by Gasteiger charge is 2.15. The molecule has 1 atom stereocenters. The summed E-state index contributed by atoms with van der Waals surface area (Å²) < 4.78 is 14.2. The van der Waals surface area contributed by atoms with Gasteiger partial charge in [-0.2, -0.15) is 0 Å². The maximum absolute atomic E-state index is 14.2. The molecule has 0 aliphatic heterocycles. The molecule has 1 aromatic heterocycles. The zero-order valence-electron chi connectivity index (χ0n) is 12.0. The second-order valence-corrected chi connectivity index (χ2v) is 6.09. The molecule has 0 spiro atoms. The molecular weight excluding hydrogens is 271 g/mol. The highest BCUT2D eigenvalue weighted by Crippen LogP contribution is 2.27. The number of benzene rings is 1. The zero-order chi connectivity index (χ0) is 14.5. The fraction of sp³-hybridized carbons (Fsp3) is 0.375. The third kappa shape index (κ3) is 3.58. The van der Waals surface area contributed by atoms with E-state index in [1.165, 1.54) is 10.9 Å². The summed E-state index contributed by atoms with van der Waals surface area (Å²) in [6.07, 6.45) is 1.60. The van der Waals surface area contributed by atoms with Gasteiger partial charge >= 0.3 is 0 Å². The molecule has 0 aliphatic carbocycles. The van der Waals surface area contributed by atoms with Gasteiger partial charge in [0.1, 0.15) is 5.82 Å². The Hall–Kier alpha value is -1.39. The van der Waals surface area contributed by atoms with Crippen molar-refractivity contribution in [2.24, 2.45) is 5.73 Å². The first-order valence-corrected chi connectivity index (χ1v) is 7.76. The van der Waals surface area contributed by atoms with Gasteiger partial charge < -0.3 is 10.6 Å². The minimum Gasteiger partial charge on any atom is -0.367 e.